The molecule has 8 heteroatoms. The molecule has 0 fully saturated rings. The molecular weight excluding hydrogens is 329 g/mol. The van der Waals surface area contributed by atoms with Crippen molar-refractivity contribution < 1.29 is 23.1 Å². The van der Waals surface area contributed by atoms with Crippen molar-refractivity contribution in [1.29, 1.82) is 0 Å². The van der Waals surface area contributed by atoms with E-state index >= 15 is 0 Å². The lowest BCUT2D eigenvalue weighted by atomic mass is 10.1. The molecule has 1 aromatic rings. The van der Waals surface area contributed by atoms with Crippen LogP contribution < -0.4 is 0 Å². The Morgan fingerprint density at radius 1 is 1.43 bits per heavy atom. The SMILES string of the molecule is CC1=NN(C(=O)CSCc2cccc(C)c2)[C@](O)(C(F)(F)F)C1. The summed E-state index contributed by atoms with van der Waals surface area (Å²) in [4.78, 5) is 12.0. The molecule has 0 spiro atoms. The first kappa shape index (κ1) is 17.8. The predicted octanol–water partition coefficient (Wildman–Crippen LogP) is 3.09. The van der Waals surface area contributed by atoms with E-state index in [9.17, 15) is 23.1 Å². The van der Waals surface area contributed by atoms with Gasteiger partial charge in [-0.1, -0.05) is 29.8 Å². The summed E-state index contributed by atoms with van der Waals surface area (Å²) in [7, 11) is 0. The number of aryl methyl sites for hydroxylation is 1. The first-order valence-corrected chi connectivity index (χ1v) is 8.08. The zero-order valence-corrected chi connectivity index (χ0v) is 13.5. The summed E-state index contributed by atoms with van der Waals surface area (Å²) in [5.74, 6) is -0.559. The Hall–Kier alpha value is -1.54. The molecule has 0 saturated heterocycles. The number of hydrazone groups is 1. The van der Waals surface area contributed by atoms with Gasteiger partial charge in [-0.15, -0.1) is 11.8 Å². The minimum absolute atomic E-state index is 0.0712. The van der Waals surface area contributed by atoms with Crippen LogP contribution in [0.5, 0.6) is 0 Å². The van der Waals surface area contributed by atoms with Gasteiger partial charge in [0, 0.05) is 17.9 Å². The van der Waals surface area contributed by atoms with Crippen LogP contribution in [-0.4, -0.2) is 39.4 Å². The largest absolute Gasteiger partial charge is 0.438 e. The number of halogens is 3. The van der Waals surface area contributed by atoms with Gasteiger partial charge in [-0.3, -0.25) is 4.79 Å². The fraction of sp³-hybridized carbons (Fsp3) is 0.467. The second-order valence-electron chi connectivity index (χ2n) is 5.51. The van der Waals surface area contributed by atoms with Crippen molar-refractivity contribution in [1.82, 2.24) is 5.01 Å². The van der Waals surface area contributed by atoms with Gasteiger partial charge in [0.25, 0.3) is 11.6 Å². The van der Waals surface area contributed by atoms with Gasteiger partial charge in [0.05, 0.1) is 5.75 Å². The molecule has 0 radical (unpaired) electrons. The van der Waals surface area contributed by atoms with E-state index < -0.39 is 24.2 Å². The van der Waals surface area contributed by atoms with E-state index in [-0.39, 0.29) is 16.5 Å². The molecule has 1 aliphatic rings. The van der Waals surface area contributed by atoms with E-state index in [1.807, 2.05) is 31.2 Å². The smallest absolute Gasteiger partial charge is 0.362 e. The van der Waals surface area contributed by atoms with Gasteiger partial charge in [-0.25, -0.2) is 0 Å². The van der Waals surface area contributed by atoms with Crippen LogP contribution in [0.1, 0.15) is 24.5 Å². The fourth-order valence-corrected chi connectivity index (χ4v) is 3.14. The minimum atomic E-state index is -4.95. The Morgan fingerprint density at radius 3 is 2.74 bits per heavy atom. The number of carbonyl (C=O) groups excluding carboxylic acids is 1. The third kappa shape index (κ3) is 3.87. The van der Waals surface area contributed by atoms with Crippen LogP contribution in [0.4, 0.5) is 13.2 Å². The number of alkyl halides is 3. The number of hydrogen-bond acceptors (Lipinski definition) is 4. The van der Waals surface area contributed by atoms with Gasteiger partial charge in [-0.05, 0) is 19.4 Å². The lowest BCUT2D eigenvalue weighted by Crippen LogP contribution is -2.57. The Bertz CT molecular complexity index is 633. The normalized spacial score (nSPS) is 21.5. The van der Waals surface area contributed by atoms with Gasteiger partial charge in [0.1, 0.15) is 0 Å². The Kier molecular flexibility index (Phi) is 5.05. The molecule has 1 atom stereocenters. The second kappa shape index (κ2) is 6.52. The van der Waals surface area contributed by atoms with Crippen molar-refractivity contribution in [3.8, 4) is 0 Å². The summed E-state index contributed by atoms with van der Waals surface area (Å²) in [6.07, 6.45) is -5.67. The van der Waals surface area contributed by atoms with Crippen molar-refractivity contribution in [3.63, 3.8) is 0 Å². The predicted molar refractivity (Wildman–Crippen MR) is 82.9 cm³/mol. The lowest BCUT2D eigenvalue weighted by Gasteiger charge is -2.32. The molecule has 0 saturated carbocycles. The Morgan fingerprint density at radius 2 is 2.13 bits per heavy atom. The first-order chi connectivity index (χ1) is 10.6. The molecule has 0 unspecified atom stereocenters. The highest BCUT2D eigenvalue weighted by molar-refractivity contribution is 7.99. The van der Waals surface area contributed by atoms with E-state index in [1.54, 1.807) is 0 Å². The molecule has 4 nitrogen and oxygen atoms in total. The van der Waals surface area contributed by atoms with Crippen LogP contribution in [0.25, 0.3) is 0 Å². The summed E-state index contributed by atoms with van der Waals surface area (Å²) in [5, 5.41) is 13.6. The quantitative estimate of drug-likeness (QED) is 0.911. The van der Waals surface area contributed by atoms with E-state index in [2.05, 4.69) is 5.10 Å². The number of thioether (sulfide) groups is 1. The summed E-state index contributed by atoms with van der Waals surface area (Å²) in [5.41, 5.74) is -1.12. The van der Waals surface area contributed by atoms with Crippen molar-refractivity contribution in [2.75, 3.05) is 5.75 Å². The summed E-state index contributed by atoms with van der Waals surface area (Å²) >= 11 is 1.18. The van der Waals surface area contributed by atoms with Crippen LogP contribution in [0.15, 0.2) is 29.4 Å². The van der Waals surface area contributed by atoms with Crippen molar-refractivity contribution in [2.24, 2.45) is 5.10 Å². The molecule has 1 N–H and O–H groups in total. The number of hydrogen-bond donors (Lipinski definition) is 1. The number of rotatable bonds is 4. The molecule has 0 aliphatic carbocycles. The number of nitrogens with zero attached hydrogens (tertiary/aromatic N) is 2. The van der Waals surface area contributed by atoms with Crippen LogP contribution in [0, 0.1) is 6.92 Å². The molecule has 126 valence electrons. The highest BCUT2D eigenvalue weighted by Crippen LogP contribution is 2.40. The zero-order valence-electron chi connectivity index (χ0n) is 12.7. The third-order valence-electron chi connectivity index (χ3n) is 3.39. The first-order valence-electron chi connectivity index (χ1n) is 6.93. The highest BCUT2D eigenvalue weighted by Gasteiger charge is 2.62. The number of amides is 1. The maximum Gasteiger partial charge on any atom is 0.438 e. The van der Waals surface area contributed by atoms with Gasteiger partial charge in [0.2, 0.25) is 0 Å². The second-order valence-corrected chi connectivity index (χ2v) is 6.50. The number of carbonyl (C=O) groups is 1. The molecule has 1 amide bonds. The van der Waals surface area contributed by atoms with E-state index in [4.69, 9.17) is 0 Å². The van der Waals surface area contributed by atoms with Crippen LogP contribution in [0.3, 0.4) is 0 Å². The third-order valence-corrected chi connectivity index (χ3v) is 4.38. The van der Waals surface area contributed by atoms with Crippen LogP contribution in [0.2, 0.25) is 0 Å². The van der Waals surface area contributed by atoms with E-state index in [0.717, 1.165) is 11.1 Å². The van der Waals surface area contributed by atoms with Crippen LogP contribution >= 0.6 is 11.8 Å². The van der Waals surface area contributed by atoms with Crippen molar-refractivity contribution in [2.45, 2.75) is 37.9 Å². The van der Waals surface area contributed by atoms with Gasteiger partial charge < -0.3 is 5.11 Å². The van der Waals surface area contributed by atoms with Crippen LogP contribution in [-0.2, 0) is 10.5 Å². The molecular formula is C15H17F3N2O2S. The Balaban J connectivity index is 1.99. The average Bonchev–Trinajstić information content (AvgIpc) is 2.75. The molecule has 0 aromatic heterocycles. The topological polar surface area (TPSA) is 52.9 Å². The molecule has 2 rings (SSSR count). The molecule has 0 bridgehead atoms. The minimum Gasteiger partial charge on any atom is -0.362 e. The standard InChI is InChI=1S/C15H17F3N2O2S/c1-10-4-3-5-12(6-10)8-23-9-13(21)20-14(22,15(16,17)18)7-11(2)19-20/h3-6,22H,7-9H2,1-2H3/t14-/m1/s1. The van der Waals surface area contributed by atoms with Crippen molar-refractivity contribution >= 4 is 23.4 Å². The fourth-order valence-electron chi connectivity index (χ4n) is 2.32. The highest BCUT2D eigenvalue weighted by atomic mass is 32.2. The Labute approximate surface area is 136 Å². The zero-order chi connectivity index (χ0) is 17.3. The summed E-state index contributed by atoms with van der Waals surface area (Å²) in [6, 6.07) is 7.64. The van der Waals surface area contributed by atoms with Gasteiger partial charge >= 0.3 is 6.18 Å². The number of benzene rings is 1. The van der Waals surface area contributed by atoms with E-state index in [1.165, 1.54) is 18.7 Å². The van der Waals surface area contributed by atoms with Gasteiger partial charge in [-0.2, -0.15) is 23.3 Å². The summed E-state index contributed by atoms with van der Waals surface area (Å²) < 4.78 is 39.1. The van der Waals surface area contributed by atoms with Gasteiger partial charge in [0.15, 0.2) is 0 Å². The molecule has 1 heterocycles. The molecule has 1 aromatic carbocycles. The van der Waals surface area contributed by atoms with Crippen molar-refractivity contribution in [3.05, 3.63) is 35.4 Å². The molecule has 23 heavy (non-hydrogen) atoms. The maximum atomic E-state index is 13.0. The summed E-state index contributed by atoms with van der Waals surface area (Å²) in [6.45, 7) is 3.29. The average molecular weight is 346 g/mol. The monoisotopic (exact) mass is 346 g/mol. The lowest BCUT2D eigenvalue weighted by molar-refractivity contribution is -0.301. The number of aliphatic hydroxyl groups is 1. The van der Waals surface area contributed by atoms with E-state index in [0.29, 0.717) is 5.75 Å². The molecule has 1 aliphatic heterocycles. The maximum absolute atomic E-state index is 13.0.